The van der Waals surface area contributed by atoms with Gasteiger partial charge in [0.25, 0.3) is 0 Å². The smallest absolute Gasteiger partial charge is 0.159 e. The number of terminal acetylenes is 1. The molecule has 0 bridgehead atoms. The summed E-state index contributed by atoms with van der Waals surface area (Å²) in [6, 6.07) is 6.01. The van der Waals surface area contributed by atoms with Crippen LogP contribution in [0.2, 0.25) is 0 Å². The zero-order valence-corrected chi connectivity index (χ0v) is 13.8. The lowest BCUT2D eigenvalue weighted by Gasteiger charge is -2.15. The molecule has 0 amide bonds. The van der Waals surface area contributed by atoms with Crippen LogP contribution in [0.25, 0.3) is 11.4 Å². The molecule has 0 aliphatic carbocycles. The summed E-state index contributed by atoms with van der Waals surface area (Å²) in [7, 11) is 0. The van der Waals surface area contributed by atoms with E-state index >= 15 is 0 Å². The number of aromatic nitrogens is 2. The van der Waals surface area contributed by atoms with Crippen molar-refractivity contribution in [2.24, 2.45) is 0 Å². The third kappa shape index (κ3) is 3.74. The van der Waals surface area contributed by atoms with Crippen molar-refractivity contribution in [2.75, 3.05) is 0 Å². The molecule has 0 atom stereocenters. The highest BCUT2D eigenvalue weighted by Gasteiger charge is 2.11. The van der Waals surface area contributed by atoms with Crippen molar-refractivity contribution in [2.45, 2.75) is 52.4 Å². The summed E-state index contributed by atoms with van der Waals surface area (Å²) in [6.07, 6.45) is 14.2. The van der Waals surface area contributed by atoms with Crippen LogP contribution in [0.5, 0.6) is 0 Å². The molecule has 2 heteroatoms. The maximum Gasteiger partial charge on any atom is 0.159 e. The van der Waals surface area contributed by atoms with E-state index in [2.05, 4.69) is 35.8 Å². The van der Waals surface area contributed by atoms with Gasteiger partial charge in [-0.15, -0.1) is 6.42 Å². The maximum absolute atomic E-state index is 5.47. The Balaban J connectivity index is 2.24. The molecule has 22 heavy (non-hydrogen) atoms. The minimum Gasteiger partial charge on any atom is -0.236 e. The molecule has 0 aliphatic rings. The van der Waals surface area contributed by atoms with Gasteiger partial charge in [0.05, 0.1) is 0 Å². The average Bonchev–Trinajstić information content (AvgIpc) is 2.55. The summed E-state index contributed by atoms with van der Waals surface area (Å²) in [5.74, 6) is 4.03. The molecule has 1 heterocycles. The number of aryl methyl sites for hydroxylation is 1. The topological polar surface area (TPSA) is 25.8 Å². The average molecular weight is 292 g/mol. The summed E-state index contributed by atoms with van der Waals surface area (Å²) in [6.45, 7) is 6.48. The lowest BCUT2D eigenvalue weighted by Crippen LogP contribution is -2.01. The Labute approximate surface area is 134 Å². The second kappa shape index (κ2) is 7.75. The largest absolute Gasteiger partial charge is 0.236 e. The van der Waals surface area contributed by atoms with Crippen LogP contribution in [-0.2, 0) is 0 Å². The molecular weight excluding hydrogens is 268 g/mol. The molecule has 2 rings (SSSR count). The molecule has 0 fully saturated rings. The Morgan fingerprint density at radius 3 is 2.23 bits per heavy atom. The van der Waals surface area contributed by atoms with Crippen molar-refractivity contribution in [3.05, 3.63) is 47.3 Å². The van der Waals surface area contributed by atoms with Crippen molar-refractivity contribution in [1.82, 2.24) is 9.97 Å². The highest BCUT2D eigenvalue weighted by atomic mass is 14.9. The van der Waals surface area contributed by atoms with Crippen molar-refractivity contribution < 1.29 is 0 Å². The summed E-state index contributed by atoms with van der Waals surface area (Å²) < 4.78 is 0. The van der Waals surface area contributed by atoms with Gasteiger partial charge in [0.15, 0.2) is 5.82 Å². The third-order valence-electron chi connectivity index (χ3n) is 4.06. The Kier molecular flexibility index (Phi) is 5.72. The normalized spacial score (nSPS) is 10.7. The number of nitrogens with zero attached hydrogens (tertiary/aromatic N) is 2. The SMILES string of the molecule is C#Cc1ccc(-c2ncc(C(CCC)CCC)cn2)cc1C. The van der Waals surface area contributed by atoms with Gasteiger partial charge < -0.3 is 0 Å². The van der Waals surface area contributed by atoms with E-state index in [1.54, 1.807) is 0 Å². The Morgan fingerprint density at radius 1 is 1.09 bits per heavy atom. The first-order chi connectivity index (χ1) is 10.7. The molecule has 2 nitrogen and oxygen atoms in total. The summed E-state index contributed by atoms with van der Waals surface area (Å²) in [4.78, 5) is 9.14. The number of hydrogen-bond donors (Lipinski definition) is 0. The van der Waals surface area contributed by atoms with Crippen molar-refractivity contribution in [1.29, 1.82) is 0 Å². The molecule has 0 N–H and O–H groups in total. The van der Waals surface area contributed by atoms with E-state index in [4.69, 9.17) is 6.42 Å². The van der Waals surface area contributed by atoms with Gasteiger partial charge in [0.2, 0.25) is 0 Å². The zero-order chi connectivity index (χ0) is 15.9. The Bertz CT molecular complexity index is 644. The molecule has 0 spiro atoms. The van der Waals surface area contributed by atoms with Gasteiger partial charge >= 0.3 is 0 Å². The van der Waals surface area contributed by atoms with Crippen LogP contribution in [0.3, 0.4) is 0 Å². The highest BCUT2D eigenvalue weighted by molar-refractivity contribution is 5.59. The van der Waals surface area contributed by atoms with E-state index in [1.807, 2.05) is 31.5 Å². The number of hydrogen-bond acceptors (Lipinski definition) is 2. The van der Waals surface area contributed by atoms with Crippen LogP contribution in [0, 0.1) is 19.3 Å². The molecule has 1 aromatic carbocycles. The Hall–Kier alpha value is -2.14. The summed E-state index contributed by atoms with van der Waals surface area (Å²) in [5.41, 5.74) is 4.28. The predicted molar refractivity (Wildman–Crippen MR) is 92.7 cm³/mol. The number of rotatable bonds is 6. The second-order valence-electron chi connectivity index (χ2n) is 5.79. The fraction of sp³-hybridized carbons (Fsp3) is 0.400. The van der Waals surface area contributed by atoms with Crippen LogP contribution in [0.15, 0.2) is 30.6 Å². The minimum absolute atomic E-state index is 0.578. The minimum atomic E-state index is 0.578. The standard InChI is InChI=1S/C20H24N2/c1-5-8-17(9-6-2)19-13-21-20(22-14-19)18-11-10-16(7-3)15(4)12-18/h3,10-14,17H,5-6,8-9H2,1-2,4H3. The Morgan fingerprint density at radius 2 is 1.73 bits per heavy atom. The van der Waals surface area contributed by atoms with Gasteiger partial charge in [-0.3, -0.25) is 0 Å². The van der Waals surface area contributed by atoms with Gasteiger partial charge in [-0.25, -0.2) is 9.97 Å². The predicted octanol–water partition coefficient (Wildman–Crippen LogP) is 5.12. The molecule has 0 unspecified atom stereocenters. The zero-order valence-electron chi connectivity index (χ0n) is 13.8. The van der Waals surface area contributed by atoms with Gasteiger partial charge in [-0.2, -0.15) is 0 Å². The molecular formula is C20H24N2. The van der Waals surface area contributed by atoms with E-state index in [0.717, 1.165) is 22.5 Å². The van der Waals surface area contributed by atoms with Crippen molar-refractivity contribution in [3.63, 3.8) is 0 Å². The van der Waals surface area contributed by atoms with E-state index in [1.165, 1.54) is 31.2 Å². The van der Waals surface area contributed by atoms with E-state index in [9.17, 15) is 0 Å². The summed E-state index contributed by atoms with van der Waals surface area (Å²) in [5, 5.41) is 0. The van der Waals surface area contributed by atoms with Crippen LogP contribution in [0.4, 0.5) is 0 Å². The fourth-order valence-electron chi connectivity index (χ4n) is 2.84. The fourth-order valence-corrected chi connectivity index (χ4v) is 2.84. The first-order valence-electron chi connectivity index (χ1n) is 8.09. The lowest BCUT2D eigenvalue weighted by molar-refractivity contribution is 0.557. The molecule has 0 aliphatic heterocycles. The van der Waals surface area contributed by atoms with Crippen LogP contribution in [-0.4, -0.2) is 9.97 Å². The van der Waals surface area contributed by atoms with Gasteiger partial charge in [0.1, 0.15) is 0 Å². The highest BCUT2D eigenvalue weighted by Crippen LogP contribution is 2.26. The van der Waals surface area contributed by atoms with Crippen LogP contribution < -0.4 is 0 Å². The first kappa shape index (κ1) is 16.2. The van der Waals surface area contributed by atoms with Crippen LogP contribution >= 0.6 is 0 Å². The van der Waals surface area contributed by atoms with E-state index < -0.39 is 0 Å². The van der Waals surface area contributed by atoms with Crippen molar-refractivity contribution in [3.8, 4) is 23.7 Å². The van der Waals surface area contributed by atoms with Gasteiger partial charge in [-0.05, 0) is 55.0 Å². The van der Waals surface area contributed by atoms with E-state index in [-0.39, 0.29) is 0 Å². The number of benzene rings is 1. The van der Waals surface area contributed by atoms with Gasteiger partial charge in [0, 0.05) is 23.5 Å². The molecule has 1 aromatic heterocycles. The molecule has 0 saturated heterocycles. The maximum atomic E-state index is 5.47. The molecule has 0 saturated carbocycles. The van der Waals surface area contributed by atoms with Crippen LogP contribution in [0.1, 0.15) is 62.1 Å². The molecule has 2 aromatic rings. The third-order valence-corrected chi connectivity index (χ3v) is 4.06. The lowest BCUT2D eigenvalue weighted by atomic mass is 9.92. The second-order valence-corrected chi connectivity index (χ2v) is 5.79. The van der Waals surface area contributed by atoms with E-state index in [0.29, 0.717) is 5.92 Å². The molecule has 0 radical (unpaired) electrons. The summed E-state index contributed by atoms with van der Waals surface area (Å²) >= 11 is 0. The molecule has 114 valence electrons. The van der Waals surface area contributed by atoms with Crippen molar-refractivity contribution >= 4 is 0 Å². The first-order valence-corrected chi connectivity index (χ1v) is 8.09. The monoisotopic (exact) mass is 292 g/mol. The quantitative estimate of drug-likeness (QED) is 0.691. The van der Waals surface area contributed by atoms with Gasteiger partial charge in [-0.1, -0.05) is 32.6 Å².